The summed E-state index contributed by atoms with van der Waals surface area (Å²) >= 11 is 0. The maximum atomic E-state index is 12.8. The minimum atomic E-state index is -5.63. The van der Waals surface area contributed by atoms with Gasteiger partial charge >= 0.3 is 15.6 Å². The normalized spacial score (nSPS) is 36.2. The highest BCUT2D eigenvalue weighted by molar-refractivity contribution is 7.87. The first-order valence-corrected chi connectivity index (χ1v) is 14.2. The number of hydrogen-bond donors (Lipinski definition) is 0. The zero-order chi connectivity index (χ0) is 21.4. The molecule has 0 aromatic heterocycles. The summed E-state index contributed by atoms with van der Waals surface area (Å²) in [5.74, 6) is -0.309. The van der Waals surface area contributed by atoms with Crippen LogP contribution in [0.1, 0.15) is 59.8 Å². The lowest BCUT2D eigenvalue weighted by Crippen LogP contribution is -2.49. The van der Waals surface area contributed by atoms with E-state index >= 15 is 0 Å². The molecule has 0 aliphatic heterocycles. The zero-order valence-corrected chi connectivity index (χ0v) is 19.3. The summed E-state index contributed by atoms with van der Waals surface area (Å²) in [5.41, 5.74) is -5.86. The van der Waals surface area contributed by atoms with Crippen LogP contribution in [0.25, 0.3) is 0 Å². The first kappa shape index (κ1) is 22.1. The van der Waals surface area contributed by atoms with Crippen molar-refractivity contribution in [2.45, 2.75) is 89.5 Å². The molecule has 0 aromatic carbocycles. The molecule has 3 aliphatic carbocycles. The van der Waals surface area contributed by atoms with Gasteiger partial charge in [-0.15, -0.1) is 0 Å². The summed E-state index contributed by atoms with van der Waals surface area (Å²) in [5, 5.41) is 0.0695. The second-order valence-corrected chi connectivity index (χ2v) is 16.7. The van der Waals surface area contributed by atoms with Gasteiger partial charge in [-0.25, -0.2) is 0 Å². The highest BCUT2D eigenvalue weighted by Gasteiger charge is 2.68. The van der Waals surface area contributed by atoms with Gasteiger partial charge in [-0.2, -0.15) is 21.6 Å². The van der Waals surface area contributed by atoms with Gasteiger partial charge in [-0.1, -0.05) is 27.7 Å². The van der Waals surface area contributed by atoms with Crippen molar-refractivity contribution in [2.75, 3.05) is 0 Å². The van der Waals surface area contributed by atoms with E-state index in [4.69, 9.17) is 4.43 Å². The zero-order valence-electron chi connectivity index (χ0n) is 17.4. The molecule has 0 unspecified atom stereocenters. The Hall–Kier alpha value is -0.543. The Bertz CT molecular complexity index is 784. The summed E-state index contributed by atoms with van der Waals surface area (Å²) in [6.07, 6.45) is 5.28. The lowest BCUT2D eigenvalue weighted by Gasteiger charge is -2.46. The average molecular weight is 441 g/mol. The fraction of sp³-hybridized carbons (Fsp3) is 0.895. The van der Waals surface area contributed by atoms with Crippen LogP contribution < -0.4 is 0 Å². The predicted molar refractivity (Wildman–Crippen MR) is 103 cm³/mol. The lowest BCUT2D eigenvalue weighted by molar-refractivity contribution is -0.0532. The van der Waals surface area contributed by atoms with E-state index < -0.39 is 23.9 Å². The van der Waals surface area contributed by atoms with Crippen molar-refractivity contribution >= 4 is 18.4 Å². The maximum Gasteiger partial charge on any atom is 0.534 e. The van der Waals surface area contributed by atoms with E-state index in [2.05, 4.69) is 45.0 Å². The highest BCUT2D eigenvalue weighted by atomic mass is 32.2. The highest BCUT2D eigenvalue weighted by Crippen LogP contribution is 2.72. The minimum absolute atomic E-state index is 0.0194. The predicted octanol–water partition coefficient (Wildman–Crippen LogP) is 5.73. The van der Waals surface area contributed by atoms with Crippen molar-refractivity contribution in [3.05, 3.63) is 11.8 Å². The molecule has 0 aromatic rings. The number of rotatable bonds is 4. The van der Waals surface area contributed by atoms with Gasteiger partial charge in [0.25, 0.3) is 0 Å². The molecule has 0 heterocycles. The molecule has 162 valence electrons. The molecule has 3 rings (SSSR count). The Labute approximate surface area is 167 Å². The minimum Gasteiger partial charge on any atom is -0.413 e. The quantitative estimate of drug-likeness (QED) is 0.318. The van der Waals surface area contributed by atoms with Crippen molar-refractivity contribution in [1.29, 1.82) is 0 Å². The Morgan fingerprint density at radius 3 is 2.29 bits per heavy atom. The first-order valence-electron chi connectivity index (χ1n) is 9.86. The topological polar surface area (TPSA) is 52.6 Å². The van der Waals surface area contributed by atoms with Crippen LogP contribution in [0.5, 0.6) is 0 Å². The van der Waals surface area contributed by atoms with Gasteiger partial charge in [0.2, 0.25) is 0 Å². The summed E-state index contributed by atoms with van der Waals surface area (Å²) in [4.78, 5) is 0. The molecule has 0 bridgehead atoms. The van der Waals surface area contributed by atoms with Crippen molar-refractivity contribution in [2.24, 2.45) is 16.7 Å². The smallest absolute Gasteiger partial charge is 0.413 e. The largest absolute Gasteiger partial charge is 0.534 e. The third-order valence-corrected chi connectivity index (χ3v) is 13.5. The number of hydrogen-bond acceptors (Lipinski definition) is 4. The SMILES string of the molecule is CC(C)(C)[Si](C)(C)O[C@H]1CC[C@@]23CC=C(OS(=O)(=O)C(F)(F)F)[C@@H]2CC[C@@]13C. The monoisotopic (exact) mass is 440 g/mol. The molecule has 4 nitrogen and oxygen atoms in total. The van der Waals surface area contributed by atoms with E-state index in [1.165, 1.54) is 0 Å². The molecule has 4 atom stereocenters. The Morgan fingerprint density at radius 2 is 1.75 bits per heavy atom. The van der Waals surface area contributed by atoms with Crippen LogP contribution in [0.2, 0.25) is 18.1 Å². The summed E-state index contributed by atoms with van der Waals surface area (Å²) in [7, 11) is -7.62. The van der Waals surface area contributed by atoms with Gasteiger partial charge < -0.3 is 8.61 Å². The van der Waals surface area contributed by atoms with Crippen LogP contribution in [0.15, 0.2) is 11.8 Å². The van der Waals surface area contributed by atoms with E-state index in [9.17, 15) is 21.6 Å². The van der Waals surface area contributed by atoms with Crippen molar-refractivity contribution in [3.63, 3.8) is 0 Å². The standard InChI is InChI=1S/C19H31F3O4SSi/c1-16(2,3)28(5,6)26-15-9-12-18-11-8-14(13(18)7-10-17(15,18)4)25-27(23,24)19(20,21)22/h8,13,15H,7,9-12H2,1-6H3/t13-,15-,17-,18-/m0/s1. The van der Waals surface area contributed by atoms with Crippen molar-refractivity contribution in [3.8, 4) is 0 Å². The van der Waals surface area contributed by atoms with E-state index in [-0.39, 0.29) is 33.6 Å². The molecule has 9 heteroatoms. The number of halogens is 3. The van der Waals surface area contributed by atoms with Gasteiger partial charge in [0, 0.05) is 5.92 Å². The maximum absolute atomic E-state index is 12.8. The fourth-order valence-corrected chi connectivity index (χ4v) is 7.30. The molecule has 0 amide bonds. The third kappa shape index (κ3) is 3.07. The van der Waals surface area contributed by atoms with E-state index in [1.807, 2.05) is 0 Å². The van der Waals surface area contributed by atoms with Crippen molar-refractivity contribution in [1.82, 2.24) is 0 Å². The van der Waals surface area contributed by atoms with Gasteiger partial charge in [0.1, 0.15) is 5.76 Å². The van der Waals surface area contributed by atoms with Crippen LogP contribution in [-0.2, 0) is 18.7 Å². The molecular weight excluding hydrogens is 409 g/mol. The molecular formula is C19H31F3O4SSi. The van der Waals surface area contributed by atoms with Crippen LogP contribution in [0, 0.1) is 16.7 Å². The second-order valence-electron chi connectivity index (χ2n) is 10.4. The van der Waals surface area contributed by atoms with Crippen LogP contribution in [0.4, 0.5) is 13.2 Å². The van der Waals surface area contributed by atoms with Gasteiger partial charge in [-0.3, -0.25) is 0 Å². The third-order valence-electron chi connectivity index (χ3n) is 8.06. The first-order chi connectivity index (χ1) is 12.5. The molecule has 0 saturated heterocycles. The van der Waals surface area contributed by atoms with Gasteiger partial charge in [0.05, 0.1) is 6.10 Å². The lowest BCUT2D eigenvalue weighted by atomic mass is 9.65. The van der Waals surface area contributed by atoms with E-state index in [1.54, 1.807) is 6.08 Å². The van der Waals surface area contributed by atoms with Gasteiger partial charge in [-0.05, 0) is 67.1 Å². The van der Waals surface area contributed by atoms with E-state index in [0.717, 1.165) is 19.3 Å². The molecule has 0 radical (unpaired) electrons. The van der Waals surface area contributed by atoms with E-state index in [0.29, 0.717) is 12.8 Å². The van der Waals surface area contributed by atoms with Crippen LogP contribution >= 0.6 is 0 Å². The summed E-state index contributed by atoms with van der Waals surface area (Å²) < 4.78 is 72.7. The van der Waals surface area contributed by atoms with Crippen LogP contribution in [-0.4, -0.2) is 28.3 Å². The number of alkyl halides is 3. The number of allylic oxidation sites excluding steroid dienone is 2. The molecule has 28 heavy (non-hydrogen) atoms. The molecule has 3 aliphatic rings. The molecule has 0 N–H and O–H groups in total. The fourth-order valence-electron chi connectivity index (χ4n) is 5.32. The molecule has 2 saturated carbocycles. The van der Waals surface area contributed by atoms with Gasteiger partial charge in [0.15, 0.2) is 8.32 Å². The Morgan fingerprint density at radius 1 is 1.14 bits per heavy atom. The van der Waals surface area contributed by atoms with Crippen LogP contribution in [0.3, 0.4) is 0 Å². The second kappa shape index (κ2) is 6.23. The summed E-state index contributed by atoms with van der Waals surface area (Å²) in [6.45, 7) is 13.2. The Kier molecular flexibility index (Phi) is 4.93. The molecule has 1 spiro atoms. The molecule has 2 fully saturated rings. The summed E-state index contributed by atoms with van der Waals surface area (Å²) in [6, 6.07) is 0. The average Bonchev–Trinajstić information content (AvgIpc) is 3.06. The van der Waals surface area contributed by atoms with Crippen molar-refractivity contribution < 1.29 is 30.2 Å². The Balaban J connectivity index is 1.83.